The smallest absolute Gasteiger partial charge is 0.0637 e. The first kappa shape index (κ1) is 16.0. The van der Waals surface area contributed by atoms with E-state index < -0.39 is 0 Å². The van der Waals surface area contributed by atoms with Gasteiger partial charge in [-0.3, -0.25) is 0 Å². The summed E-state index contributed by atoms with van der Waals surface area (Å²) >= 11 is 0. The van der Waals surface area contributed by atoms with Crippen LogP contribution in [0.2, 0.25) is 0 Å². The molecule has 0 spiro atoms. The molecule has 3 nitrogen and oxygen atoms in total. The molecule has 0 bridgehead atoms. The van der Waals surface area contributed by atoms with Gasteiger partial charge in [0.15, 0.2) is 0 Å². The van der Waals surface area contributed by atoms with E-state index in [1.807, 2.05) is 0 Å². The number of methoxy groups -OCH3 is 1. The van der Waals surface area contributed by atoms with Crippen molar-refractivity contribution in [3.05, 3.63) is 29.3 Å². The summed E-state index contributed by atoms with van der Waals surface area (Å²) in [7, 11) is 1.76. The van der Waals surface area contributed by atoms with Crippen molar-refractivity contribution in [2.45, 2.75) is 46.2 Å². The van der Waals surface area contributed by atoms with Crippen molar-refractivity contribution in [1.29, 1.82) is 0 Å². The molecule has 0 aliphatic rings. The summed E-state index contributed by atoms with van der Waals surface area (Å²) in [4.78, 5) is 2.47. The van der Waals surface area contributed by atoms with E-state index in [1.165, 1.54) is 16.8 Å². The quantitative estimate of drug-likeness (QED) is 0.784. The van der Waals surface area contributed by atoms with Gasteiger partial charge in [0.2, 0.25) is 0 Å². The predicted molar refractivity (Wildman–Crippen MR) is 82.7 cm³/mol. The van der Waals surface area contributed by atoms with E-state index in [0.29, 0.717) is 12.6 Å². The summed E-state index contributed by atoms with van der Waals surface area (Å²) in [6.45, 7) is 8.95. The van der Waals surface area contributed by atoms with Gasteiger partial charge in [-0.15, -0.1) is 0 Å². The van der Waals surface area contributed by atoms with Crippen LogP contribution in [0.1, 0.15) is 37.8 Å². The first-order valence-corrected chi connectivity index (χ1v) is 7.23. The molecular formula is C16H28N2O. The van der Waals surface area contributed by atoms with Crippen LogP contribution in [0, 0.1) is 6.92 Å². The Kier molecular flexibility index (Phi) is 6.89. The molecule has 19 heavy (non-hydrogen) atoms. The molecule has 1 aromatic rings. The number of rotatable bonds is 8. The van der Waals surface area contributed by atoms with Crippen LogP contribution < -0.4 is 10.6 Å². The molecule has 0 atom stereocenters. The van der Waals surface area contributed by atoms with Gasteiger partial charge in [-0.2, -0.15) is 0 Å². The molecule has 0 aliphatic carbocycles. The van der Waals surface area contributed by atoms with Gasteiger partial charge in [-0.25, -0.2) is 0 Å². The Labute approximate surface area is 117 Å². The Morgan fingerprint density at radius 1 is 1.26 bits per heavy atom. The molecular weight excluding hydrogens is 236 g/mol. The molecule has 0 heterocycles. The lowest BCUT2D eigenvalue weighted by molar-refractivity contribution is 0.202. The minimum absolute atomic E-state index is 0.567. The minimum atomic E-state index is 0.567. The molecule has 0 fully saturated rings. The standard InChI is InChI=1S/C16H28N2O/c1-5-15(6-2)18(9-10-19-4)16-8-7-14(12-17)11-13(16)3/h7-8,11,15H,5-6,9-10,12,17H2,1-4H3. The Bertz CT molecular complexity index is 375. The van der Waals surface area contributed by atoms with Gasteiger partial charge in [0.25, 0.3) is 0 Å². The van der Waals surface area contributed by atoms with E-state index in [4.69, 9.17) is 10.5 Å². The zero-order chi connectivity index (χ0) is 14.3. The van der Waals surface area contributed by atoms with Crippen LogP contribution in [0.15, 0.2) is 18.2 Å². The summed E-state index contributed by atoms with van der Waals surface area (Å²) < 4.78 is 5.26. The van der Waals surface area contributed by atoms with Crippen molar-refractivity contribution < 1.29 is 4.74 Å². The Morgan fingerprint density at radius 2 is 1.95 bits per heavy atom. The second-order valence-electron chi connectivity index (χ2n) is 4.98. The highest BCUT2D eigenvalue weighted by atomic mass is 16.5. The van der Waals surface area contributed by atoms with E-state index in [2.05, 4.69) is 43.9 Å². The molecule has 0 aromatic heterocycles. The Morgan fingerprint density at radius 3 is 2.42 bits per heavy atom. The van der Waals surface area contributed by atoms with Gasteiger partial charge in [0.1, 0.15) is 0 Å². The normalized spacial score (nSPS) is 11.1. The van der Waals surface area contributed by atoms with Crippen LogP contribution in [-0.2, 0) is 11.3 Å². The molecule has 0 aliphatic heterocycles. The van der Waals surface area contributed by atoms with Crippen molar-refractivity contribution in [3.63, 3.8) is 0 Å². The summed E-state index contributed by atoms with van der Waals surface area (Å²) in [5.41, 5.74) is 9.50. The summed E-state index contributed by atoms with van der Waals surface area (Å²) in [5.74, 6) is 0. The number of benzene rings is 1. The molecule has 0 radical (unpaired) electrons. The first-order valence-electron chi connectivity index (χ1n) is 7.23. The number of nitrogens with two attached hydrogens (primary N) is 1. The highest BCUT2D eigenvalue weighted by Gasteiger charge is 2.17. The van der Waals surface area contributed by atoms with Crippen molar-refractivity contribution in [1.82, 2.24) is 0 Å². The van der Waals surface area contributed by atoms with Gasteiger partial charge < -0.3 is 15.4 Å². The lowest BCUT2D eigenvalue weighted by atomic mass is 10.0. The topological polar surface area (TPSA) is 38.5 Å². The summed E-state index contributed by atoms with van der Waals surface area (Å²) in [6.07, 6.45) is 2.30. The lowest BCUT2D eigenvalue weighted by Gasteiger charge is -2.34. The van der Waals surface area contributed by atoms with Gasteiger partial charge >= 0.3 is 0 Å². The van der Waals surface area contributed by atoms with E-state index in [0.717, 1.165) is 26.0 Å². The molecule has 3 heteroatoms. The van der Waals surface area contributed by atoms with Crippen molar-refractivity contribution in [2.75, 3.05) is 25.2 Å². The number of ether oxygens (including phenoxy) is 1. The first-order chi connectivity index (χ1) is 9.17. The molecule has 0 saturated carbocycles. The van der Waals surface area contributed by atoms with Crippen molar-refractivity contribution in [3.8, 4) is 0 Å². The third-order valence-corrected chi connectivity index (χ3v) is 3.73. The second-order valence-corrected chi connectivity index (χ2v) is 4.98. The largest absolute Gasteiger partial charge is 0.383 e. The third-order valence-electron chi connectivity index (χ3n) is 3.73. The van der Waals surface area contributed by atoms with Gasteiger partial charge in [0, 0.05) is 31.9 Å². The van der Waals surface area contributed by atoms with E-state index in [-0.39, 0.29) is 0 Å². The van der Waals surface area contributed by atoms with Crippen LogP contribution >= 0.6 is 0 Å². The average molecular weight is 264 g/mol. The number of nitrogens with zero attached hydrogens (tertiary/aromatic N) is 1. The molecule has 1 rings (SSSR count). The molecule has 0 amide bonds. The van der Waals surface area contributed by atoms with E-state index in [9.17, 15) is 0 Å². The molecule has 1 aromatic carbocycles. The minimum Gasteiger partial charge on any atom is -0.383 e. The zero-order valence-electron chi connectivity index (χ0n) is 12.8. The fourth-order valence-electron chi connectivity index (χ4n) is 2.59. The maximum absolute atomic E-state index is 5.70. The van der Waals surface area contributed by atoms with Crippen LogP contribution in [0.4, 0.5) is 5.69 Å². The maximum Gasteiger partial charge on any atom is 0.0637 e. The Balaban J connectivity index is 3.01. The SMILES string of the molecule is CCC(CC)N(CCOC)c1ccc(CN)cc1C. The number of anilines is 1. The summed E-state index contributed by atoms with van der Waals surface area (Å²) in [5, 5.41) is 0. The third kappa shape index (κ3) is 4.22. The molecule has 2 N–H and O–H groups in total. The lowest BCUT2D eigenvalue weighted by Crippen LogP contribution is -2.37. The van der Waals surface area contributed by atoms with Crippen molar-refractivity contribution in [2.24, 2.45) is 5.73 Å². The average Bonchev–Trinajstić information content (AvgIpc) is 2.44. The Hall–Kier alpha value is -1.06. The number of hydrogen-bond donors (Lipinski definition) is 1. The molecule has 0 unspecified atom stereocenters. The van der Waals surface area contributed by atoms with E-state index in [1.54, 1.807) is 7.11 Å². The second kappa shape index (κ2) is 8.18. The molecule has 0 saturated heterocycles. The van der Waals surface area contributed by atoms with Gasteiger partial charge in [-0.1, -0.05) is 26.0 Å². The number of hydrogen-bond acceptors (Lipinski definition) is 3. The highest BCUT2D eigenvalue weighted by Crippen LogP contribution is 2.25. The van der Waals surface area contributed by atoms with Crippen LogP contribution in [-0.4, -0.2) is 26.3 Å². The van der Waals surface area contributed by atoms with Crippen LogP contribution in [0.25, 0.3) is 0 Å². The van der Waals surface area contributed by atoms with Crippen LogP contribution in [0.3, 0.4) is 0 Å². The van der Waals surface area contributed by atoms with Gasteiger partial charge in [0.05, 0.1) is 6.61 Å². The zero-order valence-corrected chi connectivity index (χ0v) is 12.8. The van der Waals surface area contributed by atoms with Gasteiger partial charge in [-0.05, 0) is 37.0 Å². The molecule has 108 valence electrons. The monoisotopic (exact) mass is 264 g/mol. The fraction of sp³-hybridized carbons (Fsp3) is 0.625. The maximum atomic E-state index is 5.70. The van der Waals surface area contributed by atoms with Crippen LogP contribution in [0.5, 0.6) is 0 Å². The van der Waals surface area contributed by atoms with E-state index >= 15 is 0 Å². The fourth-order valence-corrected chi connectivity index (χ4v) is 2.59. The van der Waals surface area contributed by atoms with Crippen molar-refractivity contribution >= 4 is 5.69 Å². The summed E-state index contributed by atoms with van der Waals surface area (Å²) in [6, 6.07) is 7.09. The predicted octanol–water partition coefficient (Wildman–Crippen LogP) is 3.10. The number of aryl methyl sites for hydroxylation is 1. The highest BCUT2D eigenvalue weighted by molar-refractivity contribution is 5.55.